The number of carbonyl (C=O) groups excluding carboxylic acids is 1. The summed E-state index contributed by atoms with van der Waals surface area (Å²) >= 11 is 0.976. The summed E-state index contributed by atoms with van der Waals surface area (Å²) in [6.45, 7) is 0. The zero-order valence-electron chi connectivity index (χ0n) is 9.92. The predicted molar refractivity (Wildman–Crippen MR) is 67.5 cm³/mol. The highest BCUT2D eigenvalue weighted by molar-refractivity contribution is 7.58. The number of fused-ring (bicyclic) bond motifs is 1. The van der Waals surface area contributed by atoms with Gasteiger partial charge in [-0.2, -0.15) is 8.73 Å². The molecule has 0 saturated heterocycles. The number of carboxylic acids is 1. The van der Waals surface area contributed by atoms with Crippen molar-refractivity contribution in [3.8, 4) is 0 Å². The fourth-order valence-electron chi connectivity index (χ4n) is 1.56. The number of nitrogens with one attached hydrogen (secondary N) is 1. The molecule has 1 aliphatic heterocycles. The van der Waals surface area contributed by atoms with Crippen LogP contribution in [-0.4, -0.2) is 29.5 Å². The van der Waals surface area contributed by atoms with Crippen molar-refractivity contribution in [3.05, 3.63) is 23.8 Å². The largest absolute Gasteiger partial charge is 0.480 e. The van der Waals surface area contributed by atoms with E-state index in [2.05, 4.69) is 14.0 Å². The van der Waals surface area contributed by atoms with Gasteiger partial charge in [0.1, 0.15) is 17.4 Å². The first-order valence-corrected chi connectivity index (χ1v) is 6.24. The van der Waals surface area contributed by atoms with Gasteiger partial charge in [0.2, 0.25) is 6.43 Å². The lowest BCUT2D eigenvalue weighted by molar-refractivity contribution is -0.140. The van der Waals surface area contributed by atoms with Gasteiger partial charge in [0, 0.05) is 12.0 Å². The number of carbonyl (C=O) groups is 2. The van der Waals surface area contributed by atoms with E-state index in [4.69, 9.17) is 5.11 Å². The topological polar surface area (TPSA) is 91.1 Å². The van der Waals surface area contributed by atoms with E-state index in [-0.39, 0.29) is 5.56 Å². The minimum Gasteiger partial charge on any atom is -0.480 e. The van der Waals surface area contributed by atoms with Crippen LogP contribution in [0.1, 0.15) is 16.8 Å². The second-order valence-corrected chi connectivity index (χ2v) is 4.49. The Morgan fingerprint density at radius 1 is 1.30 bits per heavy atom. The summed E-state index contributed by atoms with van der Waals surface area (Å²) in [4.78, 5) is 22.6. The number of aliphatic carboxylic acids is 1. The molecule has 0 spiro atoms. The van der Waals surface area contributed by atoms with Crippen LogP contribution in [0.2, 0.25) is 0 Å². The number of amides is 1. The Kier molecular flexibility index (Phi) is 4.18. The molecule has 6 nitrogen and oxygen atoms in total. The summed E-state index contributed by atoms with van der Waals surface area (Å²) in [6, 6.07) is 2.78. The number of carboxylic acid groups (broad SMARTS) is 1. The highest BCUT2D eigenvalue weighted by Gasteiger charge is 2.25. The fraction of sp³-hybridized carbons (Fsp3) is 0.273. The average Bonchev–Trinajstić information content (AvgIpc) is 2.84. The highest BCUT2D eigenvalue weighted by atomic mass is 32.1. The Morgan fingerprint density at radius 2 is 2.00 bits per heavy atom. The SMILES string of the molecule is O=C(NC(CC(F)F)C(=O)O)c1ccc2c(c1)N=S=N2. The zero-order chi connectivity index (χ0) is 14.7. The lowest BCUT2D eigenvalue weighted by atomic mass is 10.1. The zero-order valence-corrected chi connectivity index (χ0v) is 10.7. The number of halogens is 2. The van der Waals surface area contributed by atoms with Crippen LogP contribution in [0.4, 0.5) is 20.2 Å². The van der Waals surface area contributed by atoms with Gasteiger partial charge in [0.25, 0.3) is 5.91 Å². The molecule has 2 rings (SSSR count). The molecule has 9 heteroatoms. The third-order valence-electron chi connectivity index (χ3n) is 2.53. The number of hydrogen-bond donors (Lipinski definition) is 2. The first-order valence-electron chi connectivity index (χ1n) is 5.51. The molecule has 0 aliphatic carbocycles. The van der Waals surface area contributed by atoms with E-state index in [1.165, 1.54) is 12.1 Å². The third-order valence-corrected chi connectivity index (χ3v) is 3.09. The van der Waals surface area contributed by atoms with Gasteiger partial charge < -0.3 is 10.4 Å². The summed E-state index contributed by atoms with van der Waals surface area (Å²) in [6.07, 6.45) is -3.76. The van der Waals surface area contributed by atoms with Crippen LogP contribution in [0.25, 0.3) is 0 Å². The van der Waals surface area contributed by atoms with Crippen LogP contribution >= 0.6 is 0 Å². The predicted octanol–water partition coefficient (Wildman–Crippen LogP) is 2.25. The van der Waals surface area contributed by atoms with Crippen LogP contribution in [0.3, 0.4) is 0 Å². The molecule has 0 fully saturated rings. The Hall–Kier alpha value is -2.16. The van der Waals surface area contributed by atoms with E-state index in [0.29, 0.717) is 11.4 Å². The van der Waals surface area contributed by atoms with Gasteiger partial charge in [-0.3, -0.25) is 4.79 Å². The van der Waals surface area contributed by atoms with Crippen molar-refractivity contribution in [2.45, 2.75) is 18.9 Å². The van der Waals surface area contributed by atoms with E-state index in [1.807, 2.05) is 0 Å². The molecule has 1 aliphatic rings. The quantitative estimate of drug-likeness (QED) is 0.887. The van der Waals surface area contributed by atoms with Crippen LogP contribution in [0.15, 0.2) is 26.9 Å². The van der Waals surface area contributed by atoms with Crippen molar-refractivity contribution < 1.29 is 23.5 Å². The van der Waals surface area contributed by atoms with Gasteiger partial charge >= 0.3 is 5.97 Å². The van der Waals surface area contributed by atoms with Crippen molar-refractivity contribution in [2.75, 3.05) is 0 Å². The Morgan fingerprint density at radius 3 is 2.65 bits per heavy atom. The fourth-order valence-corrected chi connectivity index (χ4v) is 2.08. The normalized spacial score (nSPS) is 13.8. The lowest BCUT2D eigenvalue weighted by Crippen LogP contribution is -2.42. The van der Waals surface area contributed by atoms with E-state index >= 15 is 0 Å². The molecule has 1 aromatic rings. The highest BCUT2D eigenvalue weighted by Crippen LogP contribution is 2.31. The maximum absolute atomic E-state index is 12.2. The molecular formula is C11H9F2N3O3S. The molecule has 20 heavy (non-hydrogen) atoms. The molecule has 0 bridgehead atoms. The summed E-state index contributed by atoms with van der Waals surface area (Å²) in [5.41, 5.74) is 1.24. The number of nitrogens with zero attached hydrogens (tertiary/aromatic N) is 2. The van der Waals surface area contributed by atoms with E-state index < -0.39 is 30.8 Å². The Bertz CT molecular complexity index is 629. The molecule has 0 radical (unpaired) electrons. The van der Waals surface area contributed by atoms with Gasteiger partial charge in [0.05, 0.1) is 11.4 Å². The summed E-state index contributed by atoms with van der Waals surface area (Å²) < 4.78 is 32.4. The standard InChI is InChI=1S/C11H9F2N3O3S/c12-9(13)4-8(11(18)19)14-10(17)5-1-2-6-7(3-5)16-20-15-6/h1-3,8-9H,4H2,(H,14,17)(H,18,19). The number of hydrogen-bond acceptors (Lipinski definition) is 4. The van der Waals surface area contributed by atoms with Gasteiger partial charge in [-0.1, -0.05) is 0 Å². The molecule has 0 saturated carbocycles. The van der Waals surface area contributed by atoms with Crippen molar-refractivity contribution in [1.29, 1.82) is 0 Å². The second kappa shape index (κ2) is 5.87. The minimum absolute atomic E-state index is 0.144. The monoisotopic (exact) mass is 301 g/mol. The maximum atomic E-state index is 12.2. The molecule has 2 N–H and O–H groups in total. The van der Waals surface area contributed by atoms with Gasteiger partial charge in [0.15, 0.2) is 0 Å². The molecule has 1 aromatic carbocycles. The molecular weight excluding hydrogens is 292 g/mol. The molecule has 1 amide bonds. The molecule has 106 valence electrons. The molecule has 1 heterocycles. The maximum Gasteiger partial charge on any atom is 0.326 e. The summed E-state index contributed by atoms with van der Waals surface area (Å²) in [5, 5.41) is 10.8. The Balaban J connectivity index is 2.11. The van der Waals surface area contributed by atoms with Crippen LogP contribution < -0.4 is 5.32 Å². The molecule has 0 aromatic heterocycles. The van der Waals surface area contributed by atoms with Gasteiger partial charge in [-0.15, -0.1) is 0 Å². The van der Waals surface area contributed by atoms with E-state index in [9.17, 15) is 18.4 Å². The van der Waals surface area contributed by atoms with Gasteiger partial charge in [-0.05, 0) is 18.2 Å². The van der Waals surface area contributed by atoms with Crippen molar-refractivity contribution >= 4 is 34.6 Å². The van der Waals surface area contributed by atoms with Crippen LogP contribution in [0, 0.1) is 0 Å². The average molecular weight is 301 g/mol. The molecule has 1 atom stereocenters. The van der Waals surface area contributed by atoms with Crippen molar-refractivity contribution in [1.82, 2.24) is 5.32 Å². The Labute approximate surface area is 115 Å². The number of benzene rings is 1. The van der Waals surface area contributed by atoms with Crippen LogP contribution in [-0.2, 0) is 16.1 Å². The number of rotatable bonds is 5. The van der Waals surface area contributed by atoms with E-state index in [1.54, 1.807) is 6.07 Å². The number of alkyl halides is 2. The second-order valence-electron chi connectivity index (χ2n) is 3.96. The molecule has 1 unspecified atom stereocenters. The van der Waals surface area contributed by atoms with E-state index in [0.717, 1.165) is 11.4 Å². The lowest BCUT2D eigenvalue weighted by Gasteiger charge is -2.14. The summed E-state index contributed by atoms with van der Waals surface area (Å²) in [7, 11) is 0. The first kappa shape index (κ1) is 14.3. The van der Waals surface area contributed by atoms with Crippen molar-refractivity contribution in [3.63, 3.8) is 0 Å². The first-order chi connectivity index (χ1) is 9.47. The smallest absolute Gasteiger partial charge is 0.326 e. The minimum atomic E-state index is -2.82. The van der Waals surface area contributed by atoms with Crippen molar-refractivity contribution in [2.24, 2.45) is 8.73 Å². The third kappa shape index (κ3) is 3.23. The van der Waals surface area contributed by atoms with Crippen LogP contribution in [0.5, 0.6) is 0 Å². The summed E-state index contributed by atoms with van der Waals surface area (Å²) in [5.74, 6) is -2.25. The van der Waals surface area contributed by atoms with Gasteiger partial charge in [-0.25, -0.2) is 13.6 Å².